The summed E-state index contributed by atoms with van der Waals surface area (Å²) in [6, 6.07) is 3.71. The smallest absolute Gasteiger partial charge is 0.227 e. The molecule has 0 aliphatic rings. The van der Waals surface area contributed by atoms with Crippen molar-refractivity contribution in [3.8, 4) is 0 Å². The highest BCUT2D eigenvalue weighted by Crippen LogP contribution is 2.03. The minimum atomic E-state index is -0.0668. The third kappa shape index (κ3) is 8.81. The van der Waals surface area contributed by atoms with Crippen LogP contribution in [0.25, 0.3) is 0 Å². The molecule has 0 atom stereocenters. The fourth-order valence-corrected chi connectivity index (χ4v) is 1.65. The zero-order valence-corrected chi connectivity index (χ0v) is 15.8. The van der Waals surface area contributed by atoms with E-state index in [0.29, 0.717) is 18.8 Å². The van der Waals surface area contributed by atoms with Gasteiger partial charge in [-0.15, -0.1) is 24.0 Å². The summed E-state index contributed by atoms with van der Waals surface area (Å²) in [5.74, 6) is 1.24. The van der Waals surface area contributed by atoms with Crippen LogP contribution in [0.4, 0.5) is 5.82 Å². The number of carbonyl (C=O) groups excluding carboxylic acids is 1. The summed E-state index contributed by atoms with van der Waals surface area (Å²) in [5, 5.41) is 9.07. The number of halogens is 1. The van der Waals surface area contributed by atoms with E-state index in [1.807, 2.05) is 13.0 Å². The first-order chi connectivity index (χ1) is 10.2. The molecule has 0 saturated heterocycles. The van der Waals surface area contributed by atoms with E-state index < -0.39 is 0 Å². The lowest BCUT2D eigenvalue weighted by Crippen LogP contribution is -2.39. The Morgan fingerprint density at radius 1 is 1.27 bits per heavy atom. The van der Waals surface area contributed by atoms with Crippen molar-refractivity contribution in [2.24, 2.45) is 4.99 Å². The van der Waals surface area contributed by atoms with Crippen molar-refractivity contribution in [1.82, 2.24) is 15.6 Å². The van der Waals surface area contributed by atoms with Gasteiger partial charge in [0.05, 0.1) is 0 Å². The summed E-state index contributed by atoms with van der Waals surface area (Å²) in [5.41, 5.74) is 1.07. The molecule has 0 bridgehead atoms. The second-order valence-corrected chi connectivity index (χ2v) is 4.80. The number of carbonyl (C=O) groups is 1. The van der Waals surface area contributed by atoms with E-state index in [1.54, 1.807) is 19.3 Å². The third-order valence-electron chi connectivity index (χ3n) is 2.87. The third-order valence-corrected chi connectivity index (χ3v) is 2.87. The first-order valence-corrected chi connectivity index (χ1v) is 7.32. The SMILES string of the molecule is CCCCNC(=NC)NCCC(=O)Nc1ccc(C)cn1.I. The molecule has 22 heavy (non-hydrogen) atoms. The van der Waals surface area contributed by atoms with Crippen molar-refractivity contribution in [2.45, 2.75) is 33.1 Å². The first kappa shape index (κ1) is 20.6. The number of guanidine groups is 1. The van der Waals surface area contributed by atoms with Crippen LogP contribution in [-0.2, 0) is 4.79 Å². The number of nitrogens with zero attached hydrogens (tertiary/aromatic N) is 2. The zero-order chi connectivity index (χ0) is 15.5. The summed E-state index contributed by atoms with van der Waals surface area (Å²) in [6.07, 6.45) is 4.33. The van der Waals surface area contributed by atoms with Gasteiger partial charge in [-0.1, -0.05) is 19.4 Å². The van der Waals surface area contributed by atoms with Crippen LogP contribution in [-0.4, -0.2) is 37.0 Å². The van der Waals surface area contributed by atoms with Gasteiger partial charge in [-0.3, -0.25) is 9.79 Å². The lowest BCUT2D eigenvalue weighted by atomic mass is 10.3. The number of aryl methyl sites for hydroxylation is 1. The highest BCUT2D eigenvalue weighted by atomic mass is 127. The standard InChI is InChI=1S/C15H25N5O.HI/c1-4-5-9-17-15(16-3)18-10-8-14(21)20-13-7-6-12(2)11-19-13;/h6-7,11H,4-5,8-10H2,1-3H3,(H2,16,17,18)(H,19,20,21);1H. The highest BCUT2D eigenvalue weighted by molar-refractivity contribution is 14.0. The number of anilines is 1. The Labute approximate surface area is 149 Å². The number of rotatable bonds is 7. The Morgan fingerprint density at radius 3 is 2.59 bits per heavy atom. The van der Waals surface area contributed by atoms with Gasteiger partial charge < -0.3 is 16.0 Å². The predicted octanol–water partition coefficient (Wildman–Crippen LogP) is 2.30. The normalized spacial score (nSPS) is 10.6. The predicted molar refractivity (Wildman–Crippen MR) is 102 cm³/mol. The molecule has 1 aromatic rings. The van der Waals surface area contributed by atoms with E-state index in [-0.39, 0.29) is 29.9 Å². The van der Waals surface area contributed by atoms with Crippen molar-refractivity contribution in [2.75, 3.05) is 25.5 Å². The van der Waals surface area contributed by atoms with Gasteiger partial charge in [-0.05, 0) is 25.0 Å². The van der Waals surface area contributed by atoms with E-state index in [0.717, 1.165) is 30.9 Å². The molecule has 7 heteroatoms. The molecule has 0 saturated carbocycles. The summed E-state index contributed by atoms with van der Waals surface area (Å²) in [6.45, 7) is 5.51. The van der Waals surface area contributed by atoms with Crippen LogP contribution in [0.1, 0.15) is 31.7 Å². The molecule has 0 aliphatic carbocycles. The van der Waals surface area contributed by atoms with E-state index in [9.17, 15) is 4.79 Å². The summed E-state index contributed by atoms with van der Waals surface area (Å²) >= 11 is 0. The average Bonchev–Trinajstić information content (AvgIpc) is 2.48. The molecule has 124 valence electrons. The number of unbranched alkanes of at least 4 members (excludes halogenated alkanes) is 1. The molecule has 0 aliphatic heterocycles. The zero-order valence-electron chi connectivity index (χ0n) is 13.5. The van der Waals surface area contributed by atoms with Crippen molar-refractivity contribution in [1.29, 1.82) is 0 Å². The number of hydrogen-bond acceptors (Lipinski definition) is 3. The molecule has 0 spiro atoms. The Bertz CT molecular complexity index is 462. The van der Waals surface area contributed by atoms with Gasteiger partial charge >= 0.3 is 0 Å². The summed E-state index contributed by atoms with van der Waals surface area (Å²) < 4.78 is 0. The molecule has 1 aromatic heterocycles. The average molecular weight is 419 g/mol. The number of nitrogens with one attached hydrogen (secondary N) is 3. The Hall–Kier alpha value is -1.38. The summed E-state index contributed by atoms with van der Waals surface area (Å²) in [7, 11) is 1.72. The quantitative estimate of drug-likeness (QED) is 0.274. The van der Waals surface area contributed by atoms with Gasteiger partial charge in [-0.2, -0.15) is 0 Å². The van der Waals surface area contributed by atoms with Crippen molar-refractivity contribution >= 4 is 41.7 Å². The molecular weight excluding hydrogens is 393 g/mol. The van der Waals surface area contributed by atoms with Gasteiger partial charge in [0.1, 0.15) is 5.82 Å². The minimum absolute atomic E-state index is 0. The molecule has 3 N–H and O–H groups in total. The molecule has 1 heterocycles. The number of amides is 1. The fourth-order valence-electron chi connectivity index (χ4n) is 1.65. The van der Waals surface area contributed by atoms with Gasteiger partial charge in [0.2, 0.25) is 5.91 Å². The number of hydrogen-bond donors (Lipinski definition) is 3. The Kier molecular flexibility index (Phi) is 11.4. The van der Waals surface area contributed by atoms with Gasteiger partial charge in [0.15, 0.2) is 5.96 Å². The van der Waals surface area contributed by atoms with Crippen LogP contribution in [0.5, 0.6) is 0 Å². The van der Waals surface area contributed by atoms with Crippen molar-refractivity contribution in [3.63, 3.8) is 0 Å². The molecule has 0 radical (unpaired) electrons. The maximum atomic E-state index is 11.8. The Balaban J connectivity index is 0.00000441. The van der Waals surface area contributed by atoms with E-state index in [4.69, 9.17) is 0 Å². The van der Waals surface area contributed by atoms with Crippen LogP contribution < -0.4 is 16.0 Å². The van der Waals surface area contributed by atoms with Gasteiger partial charge in [0.25, 0.3) is 0 Å². The van der Waals surface area contributed by atoms with Crippen LogP contribution >= 0.6 is 24.0 Å². The molecule has 0 unspecified atom stereocenters. The molecule has 0 aromatic carbocycles. The molecule has 0 fully saturated rings. The highest BCUT2D eigenvalue weighted by Gasteiger charge is 2.04. The van der Waals surface area contributed by atoms with Crippen LogP contribution in [0.2, 0.25) is 0 Å². The second kappa shape index (κ2) is 12.2. The largest absolute Gasteiger partial charge is 0.356 e. The molecule has 1 amide bonds. The molecular formula is C15H26IN5O. The van der Waals surface area contributed by atoms with Crippen LogP contribution in [0.15, 0.2) is 23.3 Å². The van der Waals surface area contributed by atoms with Crippen molar-refractivity contribution in [3.05, 3.63) is 23.9 Å². The van der Waals surface area contributed by atoms with Gasteiger partial charge in [0, 0.05) is 32.8 Å². The molecule has 6 nitrogen and oxygen atoms in total. The topological polar surface area (TPSA) is 78.4 Å². The number of aliphatic imine (C=N–C) groups is 1. The van der Waals surface area contributed by atoms with Gasteiger partial charge in [-0.25, -0.2) is 4.98 Å². The lowest BCUT2D eigenvalue weighted by molar-refractivity contribution is -0.116. The maximum Gasteiger partial charge on any atom is 0.227 e. The van der Waals surface area contributed by atoms with E-state index >= 15 is 0 Å². The molecule has 1 rings (SSSR count). The maximum absolute atomic E-state index is 11.8. The Morgan fingerprint density at radius 2 is 2.00 bits per heavy atom. The van der Waals surface area contributed by atoms with Crippen molar-refractivity contribution < 1.29 is 4.79 Å². The lowest BCUT2D eigenvalue weighted by Gasteiger charge is -2.11. The first-order valence-electron chi connectivity index (χ1n) is 7.32. The number of pyridine rings is 1. The monoisotopic (exact) mass is 419 g/mol. The fraction of sp³-hybridized carbons (Fsp3) is 0.533. The second-order valence-electron chi connectivity index (χ2n) is 4.80. The number of aromatic nitrogens is 1. The van der Waals surface area contributed by atoms with Crippen LogP contribution in [0, 0.1) is 6.92 Å². The van der Waals surface area contributed by atoms with Crippen LogP contribution in [0.3, 0.4) is 0 Å². The minimum Gasteiger partial charge on any atom is -0.356 e. The van der Waals surface area contributed by atoms with E-state index in [2.05, 4.69) is 32.9 Å². The van der Waals surface area contributed by atoms with E-state index in [1.165, 1.54) is 0 Å². The summed E-state index contributed by atoms with van der Waals surface area (Å²) in [4.78, 5) is 20.0.